The quantitative estimate of drug-likeness (QED) is 0.139. The molecule has 1 amide bonds. The average Bonchev–Trinajstić information content (AvgIpc) is 3.16. The van der Waals surface area contributed by atoms with Gasteiger partial charge in [-0.25, -0.2) is 9.59 Å². The minimum absolute atomic E-state index is 0.0612. The first kappa shape index (κ1) is 25.0. The van der Waals surface area contributed by atoms with E-state index in [4.69, 9.17) is 67.5 Å². The number of fused-ring (bicyclic) bond motifs is 3. The number of benzene rings is 3. The van der Waals surface area contributed by atoms with Crippen LogP contribution in [0, 0.1) is 0 Å². The third-order valence-corrected chi connectivity index (χ3v) is 7.64. The van der Waals surface area contributed by atoms with E-state index in [1.54, 1.807) is 0 Å². The van der Waals surface area contributed by atoms with Crippen molar-refractivity contribution in [3.05, 3.63) is 84.8 Å². The Morgan fingerprint density at radius 2 is 1.26 bits per heavy atom. The van der Waals surface area contributed by atoms with Gasteiger partial charge in [-0.1, -0.05) is 107 Å². The van der Waals surface area contributed by atoms with Gasteiger partial charge in [-0.15, -0.1) is 0 Å². The molecule has 4 rings (SSSR count). The SMILES string of the molecule is CN(CC(=O)Oc1c(Cl)c(Cl)c(Cl)c(Cl)c1Cl)C(=O)OCC1c2ccccc2-c2ccccc21. The first-order chi connectivity index (χ1) is 16.2. The van der Waals surface area contributed by atoms with Gasteiger partial charge < -0.3 is 14.4 Å². The van der Waals surface area contributed by atoms with Gasteiger partial charge in [0, 0.05) is 13.0 Å². The van der Waals surface area contributed by atoms with Crippen molar-refractivity contribution in [1.82, 2.24) is 4.90 Å². The first-order valence-corrected chi connectivity index (χ1v) is 11.9. The van der Waals surface area contributed by atoms with Crippen LogP contribution in [0.3, 0.4) is 0 Å². The third kappa shape index (κ3) is 4.68. The smallest absolute Gasteiger partial charge is 0.410 e. The van der Waals surface area contributed by atoms with Crippen LogP contribution in [0.5, 0.6) is 5.75 Å². The van der Waals surface area contributed by atoms with E-state index in [0.717, 1.165) is 27.2 Å². The topological polar surface area (TPSA) is 55.8 Å². The second kappa shape index (κ2) is 10.2. The highest BCUT2D eigenvalue weighted by Crippen LogP contribution is 2.48. The van der Waals surface area contributed by atoms with Crippen molar-refractivity contribution < 1.29 is 19.1 Å². The van der Waals surface area contributed by atoms with Crippen LogP contribution in [0.15, 0.2) is 48.5 Å². The van der Waals surface area contributed by atoms with Crippen molar-refractivity contribution in [2.75, 3.05) is 20.2 Å². The summed E-state index contributed by atoms with van der Waals surface area (Å²) in [6, 6.07) is 16.0. The Bertz CT molecular complexity index is 1220. The van der Waals surface area contributed by atoms with Gasteiger partial charge >= 0.3 is 12.1 Å². The van der Waals surface area contributed by atoms with Gasteiger partial charge in [-0.2, -0.15) is 0 Å². The maximum absolute atomic E-state index is 12.6. The van der Waals surface area contributed by atoms with Crippen LogP contribution in [0.2, 0.25) is 25.1 Å². The normalized spacial score (nSPS) is 12.2. The first-order valence-electron chi connectivity index (χ1n) is 9.99. The molecule has 3 aromatic carbocycles. The number of nitrogens with zero attached hydrogens (tertiary/aromatic N) is 1. The van der Waals surface area contributed by atoms with Crippen LogP contribution in [0.4, 0.5) is 4.79 Å². The summed E-state index contributed by atoms with van der Waals surface area (Å²) in [5.74, 6) is -1.17. The summed E-state index contributed by atoms with van der Waals surface area (Å²) in [6.07, 6.45) is -0.692. The van der Waals surface area contributed by atoms with Gasteiger partial charge in [-0.05, 0) is 22.3 Å². The summed E-state index contributed by atoms with van der Waals surface area (Å²) in [5, 5.41) is -0.610. The Morgan fingerprint density at radius 3 is 1.79 bits per heavy atom. The molecule has 10 heteroatoms. The summed E-state index contributed by atoms with van der Waals surface area (Å²) < 4.78 is 10.7. The molecular formula is C24H16Cl5NO4. The van der Waals surface area contributed by atoms with Crippen molar-refractivity contribution in [2.45, 2.75) is 5.92 Å². The number of halogens is 5. The molecule has 0 N–H and O–H groups in total. The molecule has 0 radical (unpaired) electrons. The van der Waals surface area contributed by atoms with Crippen molar-refractivity contribution in [2.24, 2.45) is 0 Å². The number of carbonyl (C=O) groups is 2. The second-order valence-electron chi connectivity index (χ2n) is 7.53. The van der Waals surface area contributed by atoms with Crippen LogP contribution < -0.4 is 4.74 Å². The molecule has 0 spiro atoms. The summed E-state index contributed by atoms with van der Waals surface area (Å²) in [4.78, 5) is 26.1. The fourth-order valence-electron chi connectivity index (χ4n) is 3.78. The lowest BCUT2D eigenvalue weighted by molar-refractivity contribution is -0.135. The van der Waals surface area contributed by atoms with E-state index in [2.05, 4.69) is 0 Å². The largest absolute Gasteiger partial charge is 0.448 e. The van der Waals surface area contributed by atoms with Gasteiger partial charge in [0.25, 0.3) is 0 Å². The Kier molecular flexibility index (Phi) is 7.51. The van der Waals surface area contributed by atoms with Crippen LogP contribution >= 0.6 is 58.0 Å². The number of ether oxygens (including phenoxy) is 2. The lowest BCUT2D eigenvalue weighted by atomic mass is 9.98. The van der Waals surface area contributed by atoms with Gasteiger partial charge in [0.15, 0.2) is 5.75 Å². The van der Waals surface area contributed by atoms with Crippen molar-refractivity contribution in [3.63, 3.8) is 0 Å². The fraction of sp³-hybridized carbons (Fsp3) is 0.167. The number of amides is 1. The lowest BCUT2D eigenvalue weighted by Crippen LogP contribution is -2.35. The zero-order chi connectivity index (χ0) is 24.6. The Hall–Kier alpha value is -2.15. The fourth-order valence-corrected chi connectivity index (χ4v) is 4.98. The van der Waals surface area contributed by atoms with Gasteiger partial charge in [0.2, 0.25) is 0 Å². The molecule has 0 fully saturated rings. The molecule has 176 valence electrons. The van der Waals surface area contributed by atoms with Gasteiger partial charge in [-0.3, -0.25) is 0 Å². The number of hydrogen-bond donors (Lipinski definition) is 0. The lowest BCUT2D eigenvalue weighted by Gasteiger charge is -2.19. The van der Waals surface area contributed by atoms with Gasteiger partial charge in [0.05, 0.1) is 15.1 Å². The summed E-state index contributed by atoms with van der Waals surface area (Å²) in [7, 11) is 1.41. The molecular weight excluding hydrogens is 544 g/mol. The molecule has 3 aromatic rings. The van der Waals surface area contributed by atoms with Crippen molar-refractivity contribution in [1.29, 1.82) is 0 Å². The highest BCUT2D eigenvalue weighted by atomic mass is 35.5. The van der Waals surface area contributed by atoms with E-state index in [1.165, 1.54) is 7.05 Å². The average molecular weight is 560 g/mol. The highest BCUT2D eigenvalue weighted by Gasteiger charge is 2.30. The van der Waals surface area contributed by atoms with Crippen LogP contribution in [0.1, 0.15) is 17.0 Å². The van der Waals surface area contributed by atoms with E-state index >= 15 is 0 Å². The molecule has 1 aliphatic carbocycles. The van der Waals surface area contributed by atoms with E-state index in [-0.39, 0.29) is 43.4 Å². The molecule has 0 saturated heterocycles. The highest BCUT2D eigenvalue weighted by molar-refractivity contribution is 6.55. The van der Waals surface area contributed by atoms with Crippen LogP contribution in [-0.4, -0.2) is 37.2 Å². The molecule has 5 nitrogen and oxygen atoms in total. The molecule has 0 saturated carbocycles. The zero-order valence-electron chi connectivity index (χ0n) is 17.6. The van der Waals surface area contributed by atoms with Crippen LogP contribution in [-0.2, 0) is 9.53 Å². The number of likely N-dealkylation sites (N-methyl/N-ethyl adjacent to an activating group) is 1. The van der Waals surface area contributed by atoms with E-state index in [9.17, 15) is 9.59 Å². The van der Waals surface area contributed by atoms with E-state index in [1.807, 2.05) is 48.5 Å². The monoisotopic (exact) mass is 557 g/mol. The molecule has 0 aliphatic heterocycles. The Balaban J connectivity index is 1.41. The minimum Gasteiger partial charge on any atom is -0.448 e. The second-order valence-corrected chi connectivity index (χ2v) is 9.42. The van der Waals surface area contributed by atoms with E-state index < -0.39 is 18.6 Å². The minimum atomic E-state index is -0.825. The van der Waals surface area contributed by atoms with Crippen molar-refractivity contribution in [3.8, 4) is 16.9 Å². The molecule has 0 atom stereocenters. The molecule has 34 heavy (non-hydrogen) atoms. The summed E-state index contributed by atoms with van der Waals surface area (Å²) in [5.41, 5.74) is 4.40. The Labute approximate surface area is 221 Å². The van der Waals surface area contributed by atoms with Crippen molar-refractivity contribution >= 4 is 70.1 Å². The number of hydrogen-bond acceptors (Lipinski definition) is 4. The Morgan fingerprint density at radius 1 is 0.794 bits per heavy atom. The van der Waals surface area contributed by atoms with Crippen LogP contribution in [0.25, 0.3) is 11.1 Å². The summed E-state index contributed by atoms with van der Waals surface area (Å²) >= 11 is 30.1. The summed E-state index contributed by atoms with van der Waals surface area (Å²) in [6.45, 7) is -0.312. The maximum atomic E-state index is 12.6. The van der Waals surface area contributed by atoms with Gasteiger partial charge in [0.1, 0.15) is 23.2 Å². The number of rotatable bonds is 5. The molecule has 0 aromatic heterocycles. The number of esters is 1. The number of carbonyl (C=O) groups excluding carboxylic acids is 2. The third-order valence-electron chi connectivity index (χ3n) is 5.40. The molecule has 0 bridgehead atoms. The molecule has 1 aliphatic rings. The molecule has 0 unspecified atom stereocenters. The molecule has 0 heterocycles. The predicted molar refractivity (Wildman–Crippen MR) is 135 cm³/mol. The van der Waals surface area contributed by atoms with E-state index in [0.29, 0.717) is 0 Å². The predicted octanol–water partition coefficient (Wildman–Crippen LogP) is 7.74. The maximum Gasteiger partial charge on any atom is 0.410 e. The zero-order valence-corrected chi connectivity index (χ0v) is 21.4. The standard InChI is InChI=1S/C24H16Cl5NO4/c1-30(10-17(31)34-23-21(28)19(26)18(25)20(27)22(23)29)24(32)33-11-16-14-8-4-2-6-12(14)13-7-3-5-9-15(13)16/h2-9,16H,10-11H2,1H3.